The van der Waals surface area contributed by atoms with Crippen molar-refractivity contribution < 1.29 is 4.79 Å². The zero-order valence-corrected chi connectivity index (χ0v) is 14.5. The number of rotatable bonds is 3. The monoisotopic (exact) mass is 349 g/mol. The zero-order chi connectivity index (χ0) is 18.3. The van der Waals surface area contributed by atoms with Crippen LogP contribution < -0.4 is 16.4 Å². The summed E-state index contributed by atoms with van der Waals surface area (Å²) in [5.41, 5.74) is 3.63. The van der Waals surface area contributed by atoms with Crippen LogP contribution in [0.4, 0.5) is 5.69 Å². The topological polar surface area (TPSA) is 84.0 Å². The van der Waals surface area contributed by atoms with Gasteiger partial charge in [-0.2, -0.15) is 0 Å². The minimum absolute atomic E-state index is 0.250. The Bertz CT molecular complexity index is 1140. The number of aryl methyl sites for hydroxylation is 3. The molecule has 2 aromatic carbocycles. The first kappa shape index (κ1) is 16.3. The van der Waals surface area contributed by atoms with Gasteiger partial charge in [0.05, 0.1) is 11.0 Å². The first-order valence-electron chi connectivity index (χ1n) is 8.77. The van der Waals surface area contributed by atoms with Crippen LogP contribution in [0.15, 0.2) is 46.0 Å². The minimum atomic E-state index is -0.685. The molecule has 0 spiro atoms. The van der Waals surface area contributed by atoms with Gasteiger partial charge >= 0.3 is 11.1 Å². The van der Waals surface area contributed by atoms with Crippen molar-refractivity contribution in [1.82, 2.24) is 9.55 Å². The summed E-state index contributed by atoms with van der Waals surface area (Å²) in [4.78, 5) is 38.9. The van der Waals surface area contributed by atoms with Crippen LogP contribution in [0, 0.1) is 0 Å². The fourth-order valence-electron chi connectivity index (χ4n) is 3.59. The molecule has 0 unspecified atom stereocenters. The van der Waals surface area contributed by atoms with Gasteiger partial charge in [0.25, 0.3) is 5.91 Å². The van der Waals surface area contributed by atoms with E-state index in [1.54, 1.807) is 25.1 Å². The molecular weight excluding hydrogens is 330 g/mol. The second-order valence-electron chi connectivity index (χ2n) is 6.53. The molecule has 0 bridgehead atoms. The quantitative estimate of drug-likeness (QED) is 0.713. The second kappa shape index (κ2) is 6.29. The number of anilines is 1. The molecule has 6 heteroatoms. The number of nitrogens with zero attached hydrogens (tertiary/aromatic N) is 1. The Kier molecular flexibility index (Phi) is 3.95. The predicted molar refractivity (Wildman–Crippen MR) is 101 cm³/mol. The van der Waals surface area contributed by atoms with Gasteiger partial charge in [-0.25, -0.2) is 0 Å². The summed E-state index contributed by atoms with van der Waals surface area (Å²) in [5, 5.41) is 2.91. The summed E-state index contributed by atoms with van der Waals surface area (Å²) in [6, 6.07) is 11.0. The summed E-state index contributed by atoms with van der Waals surface area (Å²) in [6.07, 6.45) is 3.30. The maximum absolute atomic E-state index is 12.6. The lowest BCUT2D eigenvalue weighted by molar-refractivity contribution is 0.102. The van der Waals surface area contributed by atoms with Crippen molar-refractivity contribution in [2.45, 2.75) is 32.7 Å². The number of benzene rings is 2. The van der Waals surface area contributed by atoms with Gasteiger partial charge in [-0.3, -0.25) is 14.4 Å². The van der Waals surface area contributed by atoms with Crippen LogP contribution in [0.5, 0.6) is 0 Å². The van der Waals surface area contributed by atoms with E-state index < -0.39 is 11.1 Å². The van der Waals surface area contributed by atoms with E-state index in [0.29, 0.717) is 23.1 Å². The average Bonchev–Trinajstić information content (AvgIpc) is 3.10. The molecule has 1 aromatic heterocycles. The standard InChI is InChI=1S/C20H19N3O3/c1-2-23-17-9-7-14(11-16(17)22-19(25)20(23)26)18(24)21-15-8-6-12-4-3-5-13(12)10-15/h6-11H,2-5H2,1H3,(H,21,24)(H,22,25). The van der Waals surface area contributed by atoms with Gasteiger partial charge in [-0.1, -0.05) is 6.07 Å². The number of carbonyl (C=O) groups is 1. The Morgan fingerprint density at radius 1 is 1.12 bits per heavy atom. The lowest BCUT2D eigenvalue weighted by Gasteiger charge is -2.10. The molecule has 0 radical (unpaired) electrons. The van der Waals surface area contributed by atoms with E-state index in [9.17, 15) is 14.4 Å². The molecule has 2 N–H and O–H groups in total. The number of nitrogens with one attached hydrogen (secondary N) is 2. The molecule has 1 amide bonds. The molecule has 0 saturated heterocycles. The van der Waals surface area contributed by atoms with Gasteiger partial charge in [0.1, 0.15) is 0 Å². The van der Waals surface area contributed by atoms with E-state index in [0.717, 1.165) is 24.9 Å². The first-order chi connectivity index (χ1) is 12.6. The van der Waals surface area contributed by atoms with E-state index in [1.807, 2.05) is 12.1 Å². The number of carbonyl (C=O) groups excluding carboxylic acids is 1. The fraction of sp³-hybridized carbons (Fsp3) is 0.250. The molecule has 6 nitrogen and oxygen atoms in total. The van der Waals surface area contributed by atoms with E-state index in [-0.39, 0.29) is 5.91 Å². The highest BCUT2D eigenvalue weighted by atomic mass is 16.2. The van der Waals surface area contributed by atoms with Crippen LogP contribution in [-0.4, -0.2) is 15.5 Å². The summed E-state index contributed by atoms with van der Waals surface area (Å²) in [5.74, 6) is -0.250. The fourth-order valence-corrected chi connectivity index (χ4v) is 3.59. The van der Waals surface area contributed by atoms with Crippen molar-refractivity contribution in [1.29, 1.82) is 0 Å². The Hall–Kier alpha value is -3.15. The van der Waals surface area contributed by atoms with Crippen LogP contribution >= 0.6 is 0 Å². The van der Waals surface area contributed by atoms with Crippen molar-refractivity contribution in [2.75, 3.05) is 5.32 Å². The molecule has 0 atom stereocenters. The van der Waals surface area contributed by atoms with Gasteiger partial charge in [0.2, 0.25) is 0 Å². The van der Waals surface area contributed by atoms with Crippen molar-refractivity contribution in [3.05, 3.63) is 73.8 Å². The molecular formula is C20H19N3O3. The highest BCUT2D eigenvalue weighted by Gasteiger charge is 2.14. The highest BCUT2D eigenvalue weighted by Crippen LogP contribution is 2.25. The summed E-state index contributed by atoms with van der Waals surface area (Å²) in [7, 11) is 0. The summed E-state index contributed by atoms with van der Waals surface area (Å²) < 4.78 is 1.40. The van der Waals surface area contributed by atoms with Crippen LogP contribution in [-0.2, 0) is 19.4 Å². The maximum atomic E-state index is 12.6. The normalized spacial score (nSPS) is 13.0. The molecule has 0 fully saturated rings. The minimum Gasteiger partial charge on any atom is -0.322 e. The van der Waals surface area contributed by atoms with Gasteiger partial charge in [-0.05, 0) is 67.6 Å². The molecule has 4 rings (SSSR count). The SMILES string of the molecule is CCn1c(=O)c(=O)[nH]c2cc(C(=O)Nc3ccc4c(c3)CCC4)ccc21. The molecule has 3 aromatic rings. The Labute approximate surface area is 149 Å². The summed E-state index contributed by atoms with van der Waals surface area (Å²) in [6.45, 7) is 2.19. The highest BCUT2D eigenvalue weighted by molar-refractivity contribution is 6.05. The molecule has 0 saturated carbocycles. The maximum Gasteiger partial charge on any atom is 0.316 e. The van der Waals surface area contributed by atoms with E-state index in [2.05, 4.69) is 16.4 Å². The van der Waals surface area contributed by atoms with Gasteiger partial charge < -0.3 is 14.9 Å². The first-order valence-corrected chi connectivity index (χ1v) is 8.77. The summed E-state index contributed by atoms with van der Waals surface area (Å²) >= 11 is 0. The van der Waals surface area contributed by atoms with Gasteiger partial charge in [0.15, 0.2) is 0 Å². The zero-order valence-electron chi connectivity index (χ0n) is 14.5. The van der Waals surface area contributed by atoms with Crippen molar-refractivity contribution >= 4 is 22.6 Å². The van der Waals surface area contributed by atoms with Crippen LogP contribution in [0.2, 0.25) is 0 Å². The van der Waals surface area contributed by atoms with Gasteiger partial charge in [-0.15, -0.1) is 0 Å². The number of H-pyrrole nitrogens is 1. The largest absolute Gasteiger partial charge is 0.322 e. The number of amides is 1. The third-order valence-corrected chi connectivity index (χ3v) is 4.91. The van der Waals surface area contributed by atoms with Crippen LogP contribution in [0.3, 0.4) is 0 Å². The third kappa shape index (κ3) is 2.73. The number of fused-ring (bicyclic) bond motifs is 2. The lowest BCUT2D eigenvalue weighted by atomic mass is 10.1. The van der Waals surface area contributed by atoms with Crippen LogP contribution in [0.1, 0.15) is 34.8 Å². The number of hydrogen-bond acceptors (Lipinski definition) is 3. The smallest absolute Gasteiger partial charge is 0.316 e. The van der Waals surface area contributed by atoms with Crippen molar-refractivity contribution in [2.24, 2.45) is 0 Å². The Morgan fingerprint density at radius 3 is 2.73 bits per heavy atom. The number of aromatic nitrogens is 2. The Morgan fingerprint density at radius 2 is 1.92 bits per heavy atom. The number of aromatic amines is 1. The Balaban J connectivity index is 1.68. The van der Waals surface area contributed by atoms with Crippen LogP contribution in [0.25, 0.3) is 11.0 Å². The van der Waals surface area contributed by atoms with Gasteiger partial charge in [0, 0.05) is 17.8 Å². The van der Waals surface area contributed by atoms with Crippen molar-refractivity contribution in [3.8, 4) is 0 Å². The molecule has 1 aliphatic carbocycles. The third-order valence-electron chi connectivity index (χ3n) is 4.91. The number of hydrogen-bond donors (Lipinski definition) is 2. The van der Waals surface area contributed by atoms with E-state index in [4.69, 9.17) is 0 Å². The average molecular weight is 349 g/mol. The molecule has 1 aliphatic rings. The molecule has 26 heavy (non-hydrogen) atoms. The van der Waals surface area contributed by atoms with E-state index in [1.165, 1.54) is 15.7 Å². The predicted octanol–water partition coefficient (Wildman–Crippen LogP) is 2.45. The molecule has 1 heterocycles. The molecule has 132 valence electrons. The molecule has 0 aliphatic heterocycles. The van der Waals surface area contributed by atoms with E-state index >= 15 is 0 Å². The second-order valence-corrected chi connectivity index (χ2v) is 6.53. The lowest BCUT2D eigenvalue weighted by Crippen LogP contribution is -2.36. The van der Waals surface area contributed by atoms with Crippen molar-refractivity contribution in [3.63, 3.8) is 0 Å².